The molecule has 1 aliphatic rings. The zero-order chi connectivity index (χ0) is 20.2. The third-order valence-electron chi connectivity index (χ3n) is 5.17. The molecule has 2 aromatic carbocycles. The molecule has 4 rings (SSSR count). The number of hydrogen-bond acceptors (Lipinski definition) is 5. The van der Waals surface area contributed by atoms with E-state index in [9.17, 15) is 4.79 Å². The Kier molecular flexibility index (Phi) is 5.41. The lowest BCUT2D eigenvalue weighted by Gasteiger charge is -2.27. The first-order valence-electron chi connectivity index (χ1n) is 9.83. The molecule has 1 aliphatic carbocycles. The quantitative estimate of drug-likeness (QED) is 0.645. The van der Waals surface area contributed by atoms with E-state index in [0.717, 1.165) is 35.6 Å². The summed E-state index contributed by atoms with van der Waals surface area (Å²) in [5.74, 6) is 0.765. The summed E-state index contributed by atoms with van der Waals surface area (Å²) in [7, 11) is 2.02. The van der Waals surface area contributed by atoms with E-state index in [-0.39, 0.29) is 12.1 Å². The van der Waals surface area contributed by atoms with E-state index in [1.807, 2.05) is 54.2 Å². The van der Waals surface area contributed by atoms with E-state index in [1.54, 1.807) is 0 Å². The number of aromatic nitrogens is 4. The molecule has 1 fully saturated rings. The van der Waals surface area contributed by atoms with Crippen molar-refractivity contribution in [1.82, 2.24) is 25.5 Å². The Bertz CT molecular complexity index is 951. The Morgan fingerprint density at radius 3 is 2.59 bits per heavy atom. The van der Waals surface area contributed by atoms with Crippen LogP contribution in [0.25, 0.3) is 11.4 Å². The summed E-state index contributed by atoms with van der Waals surface area (Å²) in [6.45, 7) is 2.61. The average Bonchev–Trinajstić information content (AvgIpc) is 3.49. The highest BCUT2D eigenvalue weighted by atomic mass is 16.2. The number of hydrogen-bond donors (Lipinski definition) is 2. The van der Waals surface area contributed by atoms with Gasteiger partial charge in [0.2, 0.25) is 0 Å². The number of likely N-dealkylation sites (N-methyl/N-ethyl adjacent to an activating group) is 1. The van der Waals surface area contributed by atoms with Crippen LogP contribution < -0.4 is 15.5 Å². The molecule has 0 bridgehead atoms. The Hall–Kier alpha value is -3.42. The van der Waals surface area contributed by atoms with Crippen molar-refractivity contribution in [2.75, 3.05) is 23.8 Å². The number of benzene rings is 2. The van der Waals surface area contributed by atoms with Crippen molar-refractivity contribution in [2.45, 2.75) is 31.8 Å². The van der Waals surface area contributed by atoms with Crippen LogP contribution in [-0.4, -0.2) is 45.9 Å². The van der Waals surface area contributed by atoms with Gasteiger partial charge in [-0.3, -0.25) is 0 Å². The fourth-order valence-corrected chi connectivity index (χ4v) is 3.12. The van der Waals surface area contributed by atoms with Crippen LogP contribution in [0.4, 0.5) is 16.2 Å². The van der Waals surface area contributed by atoms with Gasteiger partial charge in [0.15, 0.2) is 5.82 Å². The minimum absolute atomic E-state index is 0.159. The third kappa shape index (κ3) is 4.53. The molecular weight excluding hydrogens is 366 g/mol. The number of tetrazole rings is 1. The van der Waals surface area contributed by atoms with Crippen molar-refractivity contribution in [2.24, 2.45) is 0 Å². The zero-order valence-corrected chi connectivity index (χ0v) is 16.6. The zero-order valence-electron chi connectivity index (χ0n) is 16.6. The van der Waals surface area contributed by atoms with Crippen LogP contribution in [0.5, 0.6) is 0 Å². The van der Waals surface area contributed by atoms with Crippen LogP contribution in [0.3, 0.4) is 0 Å². The van der Waals surface area contributed by atoms with Crippen LogP contribution in [-0.2, 0) is 0 Å². The predicted molar refractivity (Wildman–Crippen MR) is 113 cm³/mol. The largest absolute Gasteiger partial charge is 0.370 e. The Labute approximate surface area is 169 Å². The fraction of sp³-hybridized carbons (Fsp3) is 0.333. The monoisotopic (exact) mass is 391 g/mol. The summed E-state index contributed by atoms with van der Waals surface area (Å²) in [6.07, 6.45) is 2.24. The first kappa shape index (κ1) is 18.9. The van der Waals surface area contributed by atoms with Crippen molar-refractivity contribution in [3.63, 3.8) is 0 Å². The van der Waals surface area contributed by atoms with Crippen LogP contribution in [0, 0.1) is 0 Å². The van der Waals surface area contributed by atoms with E-state index in [0.29, 0.717) is 12.6 Å². The lowest BCUT2D eigenvalue weighted by Crippen LogP contribution is -2.41. The Morgan fingerprint density at radius 1 is 1.17 bits per heavy atom. The van der Waals surface area contributed by atoms with E-state index >= 15 is 0 Å². The van der Waals surface area contributed by atoms with E-state index in [1.165, 1.54) is 0 Å². The number of anilines is 2. The lowest BCUT2D eigenvalue weighted by molar-refractivity contribution is 0.251. The number of rotatable bonds is 7. The number of urea groups is 1. The van der Waals surface area contributed by atoms with Crippen molar-refractivity contribution in [1.29, 1.82) is 0 Å². The second-order valence-corrected chi connectivity index (χ2v) is 7.39. The molecule has 2 amide bonds. The molecule has 1 aromatic heterocycles. The van der Waals surface area contributed by atoms with E-state index in [2.05, 4.69) is 50.1 Å². The van der Waals surface area contributed by atoms with Crippen molar-refractivity contribution in [3.8, 4) is 11.4 Å². The number of nitrogens with zero attached hydrogens (tertiary/aromatic N) is 5. The number of carbonyl (C=O) groups excluding carboxylic acids is 1. The van der Waals surface area contributed by atoms with Gasteiger partial charge in [0.05, 0.1) is 6.04 Å². The normalized spacial score (nSPS) is 14.3. The second kappa shape index (κ2) is 8.30. The summed E-state index contributed by atoms with van der Waals surface area (Å²) >= 11 is 0. The van der Waals surface area contributed by atoms with Gasteiger partial charge in [0.25, 0.3) is 0 Å². The summed E-state index contributed by atoms with van der Waals surface area (Å²) < 4.78 is 1.87. The summed E-state index contributed by atoms with van der Waals surface area (Å²) in [5.41, 5.74) is 2.78. The maximum atomic E-state index is 12.3. The summed E-state index contributed by atoms with van der Waals surface area (Å²) in [5, 5.41) is 17.8. The maximum Gasteiger partial charge on any atom is 0.319 e. The Morgan fingerprint density at radius 2 is 1.90 bits per heavy atom. The molecule has 0 saturated heterocycles. The molecule has 0 unspecified atom stereocenters. The minimum atomic E-state index is -0.228. The van der Waals surface area contributed by atoms with Crippen LogP contribution >= 0.6 is 0 Å². The SMILES string of the molecule is C[C@H](CNC(=O)Nc1ccc(-c2nnnn2C2CC2)cc1)N(C)c1ccccc1. The molecule has 1 saturated carbocycles. The summed E-state index contributed by atoms with van der Waals surface area (Å²) in [4.78, 5) is 14.4. The van der Waals surface area contributed by atoms with Crippen LogP contribution in [0.1, 0.15) is 25.8 Å². The number of para-hydroxylation sites is 1. The molecule has 2 N–H and O–H groups in total. The molecule has 8 heteroatoms. The molecular formula is C21H25N7O. The average molecular weight is 391 g/mol. The highest BCUT2D eigenvalue weighted by molar-refractivity contribution is 5.89. The molecule has 8 nitrogen and oxygen atoms in total. The maximum absolute atomic E-state index is 12.3. The number of nitrogens with one attached hydrogen (secondary N) is 2. The second-order valence-electron chi connectivity index (χ2n) is 7.39. The van der Waals surface area contributed by atoms with Crippen molar-refractivity contribution < 1.29 is 4.79 Å². The Balaban J connectivity index is 1.30. The van der Waals surface area contributed by atoms with Crippen molar-refractivity contribution >= 4 is 17.4 Å². The molecule has 0 radical (unpaired) electrons. The minimum Gasteiger partial charge on any atom is -0.370 e. The molecule has 150 valence electrons. The van der Waals surface area contributed by atoms with Crippen LogP contribution in [0.2, 0.25) is 0 Å². The molecule has 1 heterocycles. The lowest BCUT2D eigenvalue weighted by atomic mass is 10.2. The molecule has 29 heavy (non-hydrogen) atoms. The third-order valence-corrected chi connectivity index (χ3v) is 5.17. The van der Waals surface area contributed by atoms with Gasteiger partial charge >= 0.3 is 6.03 Å². The van der Waals surface area contributed by atoms with Crippen molar-refractivity contribution in [3.05, 3.63) is 54.6 Å². The van der Waals surface area contributed by atoms with E-state index < -0.39 is 0 Å². The summed E-state index contributed by atoms with van der Waals surface area (Å²) in [6, 6.07) is 18.0. The molecule has 0 aliphatic heterocycles. The topological polar surface area (TPSA) is 88.0 Å². The van der Waals surface area contributed by atoms with Gasteiger partial charge in [-0.25, -0.2) is 9.48 Å². The highest BCUT2D eigenvalue weighted by Gasteiger charge is 2.28. The molecule has 0 spiro atoms. The van der Waals surface area contributed by atoms with Gasteiger partial charge in [-0.1, -0.05) is 18.2 Å². The standard InChI is InChI=1S/C21H25N7O/c1-15(27(2)18-6-4-3-5-7-18)14-22-21(29)23-17-10-8-16(9-11-17)20-24-25-26-28(20)19-12-13-19/h3-11,15,19H,12-14H2,1-2H3,(H2,22,23,29)/t15-/m1/s1. The van der Waals surface area contributed by atoms with E-state index in [4.69, 9.17) is 0 Å². The highest BCUT2D eigenvalue weighted by Crippen LogP contribution is 2.36. The van der Waals surface area contributed by atoms with Gasteiger partial charge in [0, 0.05) is 36.6 Å². The number of amides is 2. The predicted octanol–water partition coefficient (Wildman–Crippen LogP) is 3.32. The van der Waals surface area contributed by atoms with Gasteiger partial charge < -0.3 is 15.5 Å². The van der Waals surface area contributed by atoms with Gasteiger partial charge in [-0.15, -0.1) is 5.10 Å². The van der Waals surface area contributed by atoms with Gasteiger partial charge in [-0.05, 0) is 66.6 Å². The molecule has 3 aromatic rings. The van der Waals surface area contributed by atoms with Gasteiger partial charge in [-0.2, -0.15) is 0 Å². The van der Waals surface area contributed by atoms with Gasteiger partial charge in [0.1, 0.15) is 0 Å². The fourth-order valence-electron chi connectivity index (χ4n) is 3.12. The first-order valence-corrected chi connectivity index (χ1v) is 9.83. The van der Waals surface area contributed by atoms with Crippen LogP contribution in [0.15, 0.2) is 54.6 Å². The smallest absolute Gasteiger partial charge is 0.319 e. The molecule has 1 atom stereocenters. The first-order chi connectivity index (χ1) is 14.1. The number of carbonyl (C=O) groups is 1.